The van der Waals surface area contributed by atoms with Crippen LogP contribution in [0.3, 0.4) is 0 Å². The maximum Gasteiger partial charge on any atom is 0.238 e. The lowest BCUT2D eigenvalue weighted by Crippen LogP contribution is -2.51. The molecule has 1 fully saturated rings. The molecule has 5 nitrogen and oxygen atoms in total. The topological polar surface area (TPSA) is 66.5 Å². The summed E-state index contributed by atoms with van der Waals surface area (Å²) in [6, 6.07) is 18.1. The molecule has 0 aromatic heterocycles. The summed E-state index contributed by atoms with van der Waals surface area (Å²) in [4.78, 5) is 43.6. The third-order valence-electron chi connectivity index (χ3n) is 7.43. The van der Waals surface area contributed by atoms with E-state index >= 15 is 0 Å². The van der Waals surface area contributed by atoms with Crippen molar-refractivity contribution in [1.29, 1.82) is 0 Å². The quantitative estimate of drug-likeness (QED) is 0.476. The molecule has 4 atom stereocenters. The predicted octanol–water partition coefficient (Wildman–Crippen LogP) is 5.56. The minimum atomic E-state index is -1.32. The van der Waals surface area contributed by atoms with E-state index in [0.717, 1.165) is 11.3 Å². The largest absolute Gasteiger partial charge is 0.352 e. The van der Waals surface area contributed by atoms with Gasteiger partial charge in [0.15, 0.2) is 11.6 Å². The van der Waals surface area contributed by atoms with Gasteiger partial charge in [0, 0.05) is 22.0 Å². The van der Waals surface area contributed by atoms with Gasteiger partial charge < -0.3 is 10.2 Å². The van der Waals surface area contributed by atoms with E-state index in [2.05, 4.69) is 5.32 Å². The number of carbonyl (C=O) groups excluding carboxylic acids is 3. The molecule has 7 heteroatoms. The second kappa shape index (κ2) is 7.80. The number of ketones is 2. The van der Waals surface area contributed by atoms with Crippen LogP contribution < -0.4 is 10.2 Å². The summed E-state index contributed by atoms with van der Waals surface area (Å²) in [7, 11) is 0. The Labute approximate surface area is 212 Å². The molecule has 3 aliphatic rings. The van der Waals surface area contributed by atoms with Crippen molar-refractivity contribution >= 4 is 58.1 Å². The average molecular weight is 503 g/mol. The number of anilines is 2. The maximum absolute atomic E-state index is 14.3. The summed E-state index contributed by atoms with van der Waals surface area (Å²) in [5.74, 6) is -1.84. The number of para-hydroxylation sites is 1. The van der Waals surface area contributed by atoms with Crippen molar-refractivity contribution in [1.82, 2.24) is 0 Å². The first kappa shape index (κ1) is 22.1. The summed E-state index contributed by atoms with van der Waals surface area (Å²) in [6.45, 7) is 1.47. The lowest BCUT2D eigenvalue weighted by atomic mass is 9.64. The molecule has 3 aliphatic heterocycles. The molecule has 0 aliphatic carbocycles. The van der Waals surface area contributed by atoms with Crippen molar-refractivity contribution in [2.45, 2.75) is 24.4 Å². The van der Waals surface area contributed by atoms with Crippen LogP contribution in [0.2, 0.25) is 10.0 Å². The molecule has 1 N–H and O–H groups in total. The molecule has 174 valence electrons. The molecular weight excluding hydrogens is 483 g/mol. The summed E-state index contributed by atoms with van der Waals surface area (Å²) in [5, 5.41) is 3.84. The zero-order valence-corrected chi connectivity index (χ0v) is 20.2. The molecule has 0 bridgehead atoms. The van der Waals surface area contributed by atoms with Crippen molar-refractivity contribution in [2.24, 2.45) is 5.92 Å². The monoisotopic (exact) mass is 502 g/mol. The SMILES string of the molecule is CC(=O)[C@H]1[C@@H](C(=O)c2ccccc2Cl)[C@]2(C(=O)Nc3ccccc32)[C@H]2C=Cc3cc(Cl)ccc3N12. The van der Waals surface area contributed by atoms with E-state index in [-0.39, 0.29) is 22.5 Å². The molecule has 35 heavy (non-hydrogen) atoms. The lowest BCUT2D eigenvalue weighted by Gasteiger charge is -2.37. The molecule has 1 amide bonds. The molecule has 6 rings (SSSR count). The average Bonchev–Trinajstić information content (AvgIpc) is 3.32. The van der Waals surface area contributed by atoms with E-state index in [4.69, 9.17) is 23.2 Å². The highest BCUT2D eigenvalue weighted by Crippen LogP contribution is 2.58. The second-order valence-corrected chi connectivity index (χ2v) is 10.0. The fourth-order valence-corrected chi connectivity index (χ4v) is 6.54. The number of hydrogen-bond acceptors (Lipinski definition) is 4. The number of fused-ring (bicyclic) bond motifs is 6. The van der Waals surface area contributed by atoms with Gasteiger partial charge in [0.1, 0.15) is 5.41 Å². The van der Waals surface area contributed by atoms with Crippen LogP contribution in [0.15, 0.2) is 72.8 Å². The van der Waals surface area contributed by atoms with Gasteiger partial charge in [-0.3, -0.25) is 14.4 Å². The molecule has 0 saturated carbocycles. The van der Waals surface area contributed by atoms with Crippen LogP contribution in [-0.2, 0) is 15.0 Å². The Morgan fingerprint density at radius 1 is 1.00 bits per heavy atom. The predicted molar refractivity (Wildman–Crippen MR) is 137 cm³/mol. The van der Waals surface area contributed by atoms with Gasteiger partial charge in [-0.1, -0.05) is 65.7 Å². The van der Waals surface area contributed by atoms with Crippen LogP contribution in [0.25, 0.3) is 6.08 Å². The van der Waals surface area contributed by atoms with Crippen LogP contribution in [-0.4, -0.2) is 29.6 Å². The van der Waals surface area contributed by atoms with Crippen molar-refractivity contribution in [2.75, 3.05) is 10.2 Å². The number of hydrogen-bond donors (Lipinski definition) is 1. The molecule has 1 spiro atoms. The number of amides is 1. The minimum absolute atomic E-state index is 0.203. The zero-order chi connectivity index (χ0) is 24.5. The van der Waals surface area contributed by atoms with Gasteiger partial charge in [0.2, 0.25) is 5.91 Å². The van der Waals surface area contributed by atoms with E-state index < -0.39 is 23.4 Å². The highest BCUT2D eigenvalue weighted by Gasteiger charge is 2.69. The van der Waals surface area contributed by atoms with E-state index in [0.29, 0.717) is 21.8 Å². The summed E-state index contributed by atoms with van der Waals surface area (Å²) < 4.78 is 0. The van der Waals surface area contributed by atoms with Gasteiger partial charge in [-0.15, -0.1) is 0 Å². The minimum Gasteiger partial charge on any atom is -0.352 e. The van der Waals surface area contributed by atoms with Gasteiger partial charge in [-0.05, 0) is 54.4 Å². The first-order valence-corrected chi connectivity index (χ1v) is 12.1. The van der Waals surface area contributed by atoms with Gasteiger partial charge in [-0.2, -0.15) is 0 Å². The highest BCUT2D eigenvalue weighted by atomic mass is 35.5. The van der Waals surface area contributed by atoms with Gasteiger partial charge in [0.05, 0.1) is 23.0 Å². The van der Waals surface area contributed by atoms with E-state index in [9.17, 15) is 14.4 Å². The standard InChI is InChI=1S/C28H20Cl2N2O3/c1-15(33)25-24(26(34)18-6-2-4-8-20(18)30)28(19-7-3-5-9-21(19)31-27(28)35)23-13-10-16-14-17(29)11-12-22(16)32(23)25/h2-14,23-25H,1H3,(H,31,35)/t23-,24+,25+,28-/m1/s1. The Bertz CT molecular complexity index is 1470. The molecule has 1 saturated heterocycles. The lowest BCUT2D eigenvalue weighted by molar-refractivity contribution is -0.122. The molecule has 0 unspecified atom stereocenters. The molecule has 3 aromatic rings. The highest BCUT2D eigenvalue weighted by molar-refractivity contribution is 6.34. The number of halogens is 2. The Morgan fingerprint density at radius 2 is 1.74 bits per heavy atom. The zero-order valence-electron chi connectivity index (χ0n) is 18.7. The number of nitrogens with zero attached hydrogens (tertiary/aromatic N) is 1. The maximum atomic E-state index is 14.3. The van der Waals surface area contributed by atoms with Crippen LogP contribution in [0.4, 0.5) is 11.4 Å². The van der Waals surface area contributed by atoms with E-state index in [1.54, 1.807) is 30.3 Å². The van der Waals surface area contributed by atoms with Crippen molar-refractivity contribution in [3.8, 4) is 0 Å². The Hall–Kier alpha value is -3.41. The number of Topliss-reactive ketones (excluding diaryl/α,β-unsaturated/α-hetero) is 2. The Kier molecular flexibility index (Phi) is 4.92. The van der Waals surface area contributed by atoms with E-state index in [1.165, 1.54) is 6.92 Å². The van der Waals surface area contributed by atoms with Gasteiger partial charge in [0.25, 0.3) is 0 Å². The molecule has 3 aromatic carbocycles. The molecule has 3 heterocycles. The molecular formula is C28H20Cl2N2O3. The molecule has 0 radical (unpaired) electrons. The van der Waals surface area contributed by atoms with Crippen molar-refractivity contribution in [3.05, 3.63) is 99.5 Å². The normalized spacial score (nSPS) is 25.7. The van der Waals surface area contributed by atoms with E-state index in [1.807, 2.05) is 53.5 Å². The fourth-order valence-electron chi connectivity index (χ4n) is 6.13. The number of benzene rings is 3. The van der Waals surface area contributed by atoms with Crippen molar-refractivity contribution in [3.63, 3.8) is 0 Å². The summed E-state index contributed by atoms with van der Waals surface area (Å²) in [6.07, 6.45) is 3.83. The number of nitrogens with one attached hydrogen (secondary N) is 1. The van der Waals surface area contributed by atoms with Crippen LogP contribution in [0.1, 0.15) is 28.4 Å². The number of rotatable bonds is 3. The Morgan fingerprint density at radius 3 is 2.51 bits per heavy atom. The van der Waals surface area contributed by atoms with Crippen LogP contribution in [0.5, 0.6) is 0 Å². The third kappa shape index (κ3) is 2.92. The fraction of sp³-hybridized carbons (Fsp3) is 0.179. The van der Waals surface area contributed by atoms with Crippen molar-refractivity contribution < 1.29 is 14.4 Å². The number of carbonyl (C=O) groups is 3. The first-order valence-electron chi connectivity index (χ1n) is 11.3. The third-order valence-corrected chi connectivity index (χ3v) is 8.00. The van der Waals surface area contributed by atoms with Crippen LogP contribution in [0, 0.1) is 5.92 Å². The summed E-state index contributed by atoms with van der Waals surface area (Å²) in [5.41, 5.74) is 1.91. The van der Waals surface area contributed by atoms with Crippen LogP contribution >= 0.6 is 23.2 Å². The summed E-state index contributed by atoms with van der Waals surface area (Å²) >= 11 is 12.7. The van der Waals surface area contributed by atoms with Gasteiger partial charge >= 0.3 is 0 Å². The Balaban J connectivity index is 1.67. The second-order valence-electron chi connectivity index (χ2n) is 9.16. The van der Waals surface area contributed by atoms with Gasteiger partial charge in [-0.25, -0.2) is 0 Å². The smallest absolute Gasteiger partial charge is 0.238 e. The first-order chi connectivity index (χ1) is 16.9.